The number of aromatic nitrogens is 3. The number of hydrogen-bond donors (Lipinski definition) is 5. The molecule has 4 saturated heterocycles. The van der Waals surface area contributed by atoms with Crippen LogP contribution in [0.15, 0.2) is 24.4 Å². The Labute approximate surface area is 442 Å². The van der Waals surface area contributed by atoms with E-state index in [-0.39, 0.29) is 38.3 Å². The molecule has 5 heterocycles. The van der Waals surface area contributed by atoms with E-state index in [1.165, 1.54) is 25.0 Å². The number of anilines is 2. The van der Waals surface area contributed by atoms with Crippen molar-refractivity contribution in [2.75, 3.05) is 64.7 Å². The number of benzene rings is 1. The molecule has 0 spiro atoms. The van der Waals surface area contributed by atoms with E-state index in [4.69, 9.17) is 33.2 Å². The summed E-state index contributed by atoms with van der Waals surface area (Å²) in [6.07, 6.45) is -8.35. The first kappa shape index (κ1) is 60.6. The minimum absolute atomic E-state index is 0.0823. The van der Waals surface area contributed by atoms with Crippen LogP contribution < -0.4 is 9.80 Å². The zero-order valence-corrected chi connectivity index (χ0v) is 46.8. The van der Waals surface area contributed by atoms with Crippen LogP contribution >= 0.6 is 0 Å². The number of aliphatic hydroxyl groups excluding tert-OH is 3. The summed E-state index contributed by atoms with van der Waals surface area (Å²) in [5.41, 5.74) is -3.13. The number of amides is 1. The zero-order chi connectivity index (χ0) is 55.6. The number of likely N-dealkylation sites (N-methyl/N-ethyl adjacent to an activating group) is 2. The molecule has 0 saturated carbocycles. The van der Waals surface area contributed by atoms with Gasteiger partial charge in [0.25, 0.3) is 0 Å². The molecule has 19 atom stereocenters. The van der Waals surface area contributed by atoms with E-state index in [2.05, 4.69) is 10.3 Å². The number of halogens is 1. The molecule has 1 aromatic carbocycles. The van der Waals surface area contributed by atoms with Gasteiger partial charge in [0.15, 0.2) is 12.6 Å². The standard InChI is InChI=1S/C53H88FN7O14/c1-16-41-53(10,68)45(63)33(6)59(14)25-29(2)23-51(8,67)47(31(4)44(32(5)48(65)73-41)74-42-24-52(9,69-15)46(64)34(7)71-42)75-49-43(62)40(21-30(3)70-49)58(13)20-19-35-26-60(56-55-35)27-37-28-61(50(66)72-37)36-17-18-39(57(11)12)38(54)22-36/h17-18,22,26,29-34,37,40-47,49,62-64,67-68H,16,19-21,23-25,27-28H2,1-15H3/t29-,30-,31+,32-,33-,34+,37+,40+,41-,42+,43-,44+,45-,46+,47-,49+,51-,52-,53-/m1/s1. The normalized spacial score (nSPS) is 40.0. The number of carbonyl (C=O) groups excluding carboxylic acids is 2. The fourth-order valence-electron chi connectivity index (χ4n) is 11.7. The van der Waals surface area contributed by atoms with Gasteiger partial charge in [-0.1, -0.05) is 26.0 Å². The van der Waals surface area contributed by atoms with Gasteiger partial charge in [-0.3, -0.25) is 9.69 Å². The van der Waals surface area contributed by atoms with Crippen LogP contribution in [0.1, 0.15) is 101 Å². The Bertz CT molecular complexity index is 2210. The molecule has 0 unspecified atom stereocenters. The maximum absolute atomic E-state index is 14.8. The predicted octanol–water partition coefficient (Wildman–Crippen LogP) is 3.34. The van der Waals surface area contributed by atoms with Crippen molar-refractivity contribution in [3.8, 4) is 0 Å². The summed E-state index contributed by atoms with van der Waals surface area (Å²) in [7, 11) is 8.69. The fourth-order valence-corrected chi connectivity index (χ4v) is 11.7. The molecule has 6 rings (SSSR count). The predicted molar refractivity (Wildman–Crippen MR) is 275 cm³/mol. The van der Waals surface area contributed by atoms with Crippen molar-refractivity contribution in [1.82, 2.24) is 24.8 Å². The highest BCUT2D eigenvalue weighted by molar-refractivity contribution is 5.90. The van der Waals surface area contributed by atoms with E-state index in [0.717, 1.165) is 0 Å². The number of nitrogens with zero attached hydrogens (tertiary/aromatic N) is 7. The van der Waals surface area contributed by atoms with Gasteiger partial charge in [-0.25, -0.2) is 13.9 Å². The highest BCUT2D eigenvalue weighted by Gasteiger charge is 2.53. The van der Waals surface area contributed by atoms with Crippen molar-refractivity contribution < 1.29 is 72.7 Å². The molecular weight excluding hydrogens is 978 g/mol. The van der Waals surface area contributed by atoms with Crippen molar-refractivity contribution >= 4 is 23.4 Å². The lowest BCUT2D eigenvalue weighted by Gasteiger charge is -2.49. The Morgan fingerprint density at radius 1 is 0.933 bits per heavy atom. The van der Waals surface area contributed by atoms with Gasteiger partial charge in [0.1, 0.15) is 41.9 Å². The topological polar surface area (TPSA) is 244 Å². The Morgan fingerprint density at radius 3 is 2.27 bits per heavy atom. The molecule has 0 bridgehead atoms. The van der Waals surface area contributed by atoms with Gasteiger partial charge in [-0.2, -0.15) is 0 Å². The van der Waals surface area contributed by atoms with Crippen LogP contribution in [0.4, 0.5) is 20.6 Å². The van der Waals surface area contributed by atoms with E-state index >= 15 is 0 Å². The molecule has 4 fully saturated rings. The SMILES string of the molecule is CC[C@H]1OC(=O)[C@H](C)[C@@H](O[C@H]2C[C@@](C)(OC)[C@@H](O)[C@H](C)O2)[C@H](C)[C@@H](O[C@@H]2O[C@H](C)C[C@H](N(C)CCc3cn(C[C@H]4CN(c5ccc(N(C)C)c(F)c5)C(=O)O4)nn3)[C@H]2O)[C@](C)(O)C[C@@H](C)CN(C)[C@H](C)[C@@H](O)[C@]1(C)O. The van der Waals surface area contributed by atoms with Crippen LogP contribution in [0, 0.1) is 23.6 Å². The minimum atomic E-state index is -1.85. The average molecular weight is 1070 g/mol. The quantitative estimate of drug-likeness (QED) is 0.170. The lowest BCUT2D eigenvalue weighted by molar-refractivity contribution is -0.318. The van der Waals surface area contributed by atoms with Gasteiger partial charge in [-0.05, 0) is 106 Å². The maximum Gasteiger partial charge on any atom is 0.414 e. The number of esters is 1. The second-order valence-electron chi connectivity index (χ2n) is 23.0. The van der Waals surface area contributed by atoms with E-state index in [9.17, 15) is 39.5 Å². The molecule has 5 N–H and O–H groups in total. The molecular formula is C53H88FN7O14. The molecule has 22 heteroatoms. The van der Waals surface area contributed by atoms with Gasteiger partial charge in [-0.15, -0.1) is 5.10 Å². The summed E-state index contributed by atoms with van der Waals surface area (Å²) in [4.78, 5) is 34.3. The van der Waals surface area contributed by atoms with E-state index in [1.54, 1.807) is 90.5 Å². The smallest absolute Gasteiger partial charge is 0.414 e. The van der Waals surface area contributed by atoms with Crippen LogP contribution in [0.3, 0.4) is 0 Å². The Kier molecular flexibility index (Phi) is 19.8. The highest BCUT2D eigenvalue weighted by Crippen LogP contribution is 2.40. The Morgan fingerprint density at radius 2 is 1.63 bits per heavy atom. The van der Waals surface area contributed by atoms with E-state index < -0.39 is 126 Å². The third-order valence-electron chi connectivity index (χ3n) is 16.4. The minimum Gasteiger partial charge on any atom is -0.459 e. The van der Waals surface area contributed by atoms with Crippen LogP contribution in [0.2, 0.25) is 0 Å². The molecule has 75 heavy (non-hydrogen) atoms. The number of aliphatic hydroxyl groups is 5. The number of rotatable bonds is 14. The van der Waals surface area contributed by atoms with Gasteiger partial charge in [0, 0.05) is 71.3 Å². The molecule has 426 valence electrons. The van der Waals surface area contributed by atoms with Crippen molar-refractivity contribution in [2.45, 2.75) is 204 Å². The summed E-state index contributed by atoms with van der Waals surface area (Å²) in [5, 5.41) is 68.4. The molecule has 0 radical (unpaired) electrons. The van der Waals surface area contributed by atoms with Gasteiger partial charge < -0.3 is 73.4 Å². The van der Waals surface area contributed by atoms with Crippen molar-refractivity contribution in [3.05, 3.63) is 35.9 Å². The second kappa shape index (κ2) is 24.6. The fraction of sp³-hybridized carbons (Fsp3) is 0.811. The highest BCUT2D eigenvalue weighted by atomic mass is 19.1. The largest absolute Gasteiger partial charge is 0.459 e. The van der Waals surface area contributed by atoms with Crippen LogP contribution in [-0.4, -0.2) is 214 Å². The number of carbonyl (C=O) groups is 2. The average Bonchev–Trinajstić information content (AvgIpc) is 3.96. The molecule has 4 aliphatic heterocycles. The van der Waals surface area contributed by atoms with Gasteiger partial charge >= 0.3 is 12.1 Å². The monoisotopic (exact) mass is 1070 g/mol. The molecule has 21 nitrogen and oxygen atoms in total. The molecule has 0 aliphatic carbocycles. The molecule has 1 amide bonds. The van der Waals surface area contributed by atoms with Crippen molar-refractivity contribution in [3.63, 3.8) is 0 Å². The summed E-state index contributed by atoms with van der Waals surface area (Å²) in [6.45, 7) is 18.7. The Balaban J connectivity index is 1.22. The van der Waals surface area contributed by atoms with Gasteiger partial charge in [0.2, 0.25) is 0 Å². The zero-order valence-electron chi connectivity index (χ0n) is 46.8. The first-order valence-electron chi connectivity index (χ1n) is 26.6. The van der Waals surface area contributed by atoms with Crippen LogP contribution in [0.25, 0.3) is 0 Å². The summed E-state index contributed by atoms with van der Waals surface area (Å²) >= 11 is 0. The van der Waals surface area contributed by atoms with E-state index in [1.807, 2.05) is 37.7 Å². The third-order valence-corrected chi connectivity index (χ3v) is 16.4. The lowest BCUT2D eigenvalue weighted by atomic mass is 9.77. The summed E-state index contributed by atoms with van der Waals surface area (Å²) in [6, 6.07) is 3.54. The van der Waals surface area contributed by atoms with Gasteiger partial charge in [0.05, 0.1) is 71.7 Å². The molecule has 2 aromatic rings. The summed E-state index contributed by atoms with van der Waals surface area (Å²) in [5.74, 6) is -3.33. The number of hydrogen-bond acceptors (Lipinski definition) is 19. The first-order chi connectivity index (χ1) is 35.0. The van der Waals surface area contributed by atoms with Crippen LogP contribution in [0.5, 0.6) is 0 Å². The number of cyclic esters (lactones) is 2. The van der Waals surface area contributed by atoms with Crippen LogP contribution in [-0.2, 0) is 50.9 Å². The van der Waals surface area contributed by atoms with Crippen molar-refractivity contribution in [1.29, 1.82) is 0 Å². The second-order valence-corrected chi connectivity index (χ2v) is 23.0. The first-order valence-corrected chi connectivity index (χ1v) is 26.6. The van der Waals surface area contributed by atoms with E-state index in [0.29, 0.717) is 43.0 Å². The Hall–Kier alpha value is -3.65. The number of methoxy groups -OCH3 is 1. The molecule has 4 aliphatic rings. The molecule has 1 aromatic heterocycles. The summed E-state index contributed by atoms with van der Waals surface area (Å²) < 4.78 is 60.3. The number of ether oxygens (including phenoxy) is 7. The van der Waals surface area contributed by atoms with Crippen molar-refractivity contribution in [2.24, 2.45) is 17.8 Å². The third kappa shape index (κ3) is 13.8. The lowest BCUT2D eigenvalue weighted by Crippen LogP contribution is -2.61. The maximum atomic E-state index is 14.8.